The monoisotopic (exact) mass is 258 g/mol. The third kappa shape index (κ3) is 8.98. The lowest BCUT2D eigenvalue weighted by Crippen LogP contribution is -2.44. The summed E-state index contributed by atoms with van der Waals surface area (Å²) in [5, 5.41) is 12.2. The molecule has 106 valence electrons. The molecule has 0 radical (unpaired) electrons. The molecule has 0 aromatic heterocycles. The zero-order chi connectivity index (χ0) is 14.6. The second-order valence-electron chi connectivity index (χ2n) is 6.58. The number of carbonyl (C=O) groups excluding carboxylic acids is 2. The molecule has 0 aromatic carbocycles. The van der Waals surface area contributed by atoms with Gasteiger partial charge in [0.25, 0.3) is 0 Å². The second-order valence-corrected chi connectivity index (χ2v) is 6.58. The zero-order valence-electron chi connectivity index (χ0n) is 12.3. The number of hydrogen-bond donors (Lipinski definition) is 2. The average molecular weight is 258 g/mol. The average Bonchev–Trinajstić information content (AvgIpc) is 2.08. The number of aliphatic hydroxyl groups is 1. The predicted octanol–water partition coefficient (Wildman–Crippen LogP) is 0.768. The molecule has 0 aromatic rings. The summed E-state index contributed by atoms with van der Waals surface area (Å²) < 4.78 is 0. The van der Waals surface area contributed by atoms with E-state index in [1.165, 1.54) is 4.90 Å². The summed E-state index contributed by atoms with van der Waals surface area (Å²) in [5.41, 5.74) is -1.02. The van der Waals surface area contributed by atoms with Crippen LogP contribution < -0.4 is 5.32 Å². The Morgan fingerprint density at radius 2 is 1.67 bits per heavy atom. The fourth-order valence-electron chi connectivity index (χ4n) is 1.52. The van der Waals surface area contributed by atoms with Crippen molar-refractivity contribution in [1.29, 1.82) is 0 Å². The van der Waals surface area contributed by atoms with Crippen molar-refractivity contribution in [3.8, 4) is 0 Å². The molecular weight excluding hydrogens is 232 g/mol. The lowest BCUT2D eigenvalue weighted by molar-refractivity contribution is -0.134. The molecule has 0 atom stereocenters. The molecule has 0 aliphatic carbocycles. The Kier molecular flexibility index (Phi) is 5.80. The van der Waals surface area contributed by atoms with Crippen molar-refractivity contribution in [2.75, 3.05) is 20.1 Å². The molecular formula is C13H26N2O3. The van der Waals surface area contributed by atoms with Gasteiger partial charge in [-0.2, -0.15) is 0 Å². The molecule has 0 heterocycles. The van der Waals surface area contributed by atoms with Gasteiger partial charge in [-0.05, 0) is 19.3 Å². The van der Waals surface area contributed by atoms with Crippen LogP contribution in [0.3, 0.4) is 0 Å². The van der Waals surface area contributed by atoms with Gasteiger partial charge >= 0.3 is 0 Å². The predicted molar refractivity (Wildman–Crippen MR) is 71.0 cm³/mol. The van der Waals surface area contributed by atoms with Gasteiger partial charge in [-0.3, -0.25) is 9.59 Å². The molecule has 2 N–H and O–H groups in total. The van der Waals surface area contributed by atoms with Gasteiger partial charge in [0.2, 0.25) is 11.8 Å². The molecule has 0 saturated carbocycles. The van der Waals surface area contributed by atoms with E-state index in [0.29, 0.717) is 6.42 Å². The first-order valence-corrected chi connectivity index (χ1v) is 6.14. The number of hydrogen-bond acceptors (Lipinski definition) is 3. The van der Waals surface area contributed by atoms with E-state index in [9.17, 15) is 14.7 Å². The normalized spacial score (nSPS) is 12.2. The Morgan fingerprint density at radius 3 is 2.06 bits per heavy atom. The van der Waals surface area contributed by atoms with Crippen LogP contribution in [-0.2, 0) is 9.59 Å². The van der Waals surface area contributed by atoms with Gasteiger partial charge in [0.15, 0.2) is 0 Å². The largest absolute Gasteiger partial charge is 0.389 e. The SMILES string of the molecule is CN(CC(C)(C)O)C(=O)CNC(=O)CC(C)(C)C. The highest BCUT2D eigenvalue weighted by Gasteiger charge is 2.20. The van der Waals surface area contributed by atoms with Crippen LogP contribution in [0.25, 0.3) is 0 Å². The van der Waals surface area contributed by atoms with Crippen LogP contribution in [0.5, 0.6) is 0 Å². The number of likely N-dealkylation sites (N-methyl/N-ethyl adjacent to an activating group) is 1. The summed E-state index contributed by atoms with van der Waals surface area (Å²) in [7, 11) is 1.61. The molecule has 18 heavy (non-hydrogen) atoms. The standard InChI is InChI=1S/C13H26N2O3/c1-12(2,3)7-10(16)14-8-11(17)15(6)9-13(4,5)18/h18H,7-9H2,1-6H3,(H,14,16). The Labute approximate surface area is 110 Å². The zero-order valence-corrected chi connectivity index (χ0v) is 12.3. The Hall–Kier alpha value is -1.10. The van der Waals surface area contributed by atoms with Gasteiger partial charge in [-0.25, -0.2) is 0 Å². The van der Waals surface area contributed by atoms with E-state index >= 15 is 0 Å². The number of amides is 2. The fraction of sp³-hybridized carbons (Fsp3) is 0.846. The summed E-state index contributed by atoms with van der Waals surface area (Å²) in [6.45, 7) is 9.38. The lowest BCUT2D eigenvalue weighted by atomic mass is 9.92. The first-order chi connectivity index (χ1) is 7.91. The van der Waals surface area contributed by atoms with Crippen LogP contribution in [0.4, 0.5) is 0 Å². The van der Waals surface area contributed by atoms with E-state index in [0.717, 1.165) is 0 Å². The highest BCUT2D eigenvalue weighted by atomic mass is 16.3. The molecule has 5 nitrogen and oxygen atoms in total. The molecule has 0 bridgehead atoms. The van der Waals surface area contributed by atoms with Gasteiger partial charge in [0, 0.05) is 20.0 Å². The third-order valence-corrected chi connectivity index (χ3v) is 2.18. The molecule has 0 aliphatic rings. The number of nitrogens with zero attached hydrogens (tertiary/aromatic N) is 1. The molecule has 0 fully saturated rings. The van der Waals surface area contributed by atoms with Crippen molar-refractivity contribution >= 4 is 11.8 Å². The van der Waals surface area contributed by atoms with E-state index in [1.807, 2.05) is 20.8 Å². The van der Waals surface area contributed by atoms with Gasteiger partial charge in [0.05, 0.1) is 12.1 Å². The minimum absolute atomic E-state index is 0.0263. The van der Waals surface area contributed by atoms with Crippen molar-refractivity contribution in [2.45, 2.75) is 46.6 Å². The second kappa shape index (κ2) is 6.18. The molecule has 0 spiro atoms. The van der Waals surface area contributed by atoms with E-state index in [1.54, 1.807) is 20.9 Å². The Balaban J connectivity index is 4.07. The summed E-state index contributed by atoms with van der Waals surface area (Å²) in [4.78, 5) is 24.6. The summed E-state index contributed by atoms with van der Waals surface area (Å²) in [6, 6.07) is 0. The van der Waals surface area contributed by atoms with E-state index in [-0.39, 0.29) is 30.3 Å². The smallest absolute Gasteiger partial charge is 0.241 e. The maximum atomic E-state index is 11.7. The Bertz CT molecular complexity index is 300. The van der Waals surface area contributed by atoms with Crippen LogP contribution in [0.1, 0.15) is 41.0 Å². The highest BCUT2D eigenvalue weighted by Crippen LogP contribution is 2.17. The van der Waals surface area contributed by atoms with Gasteiger partial charge < -0.3 is 15.3 Å². The van der Waals surface area contributed by atoms with Gasteiger partial charge in [-0.15, -0.1) is 0 Å². The van der Waals surface area contributed by atoms with Gasteiger partial charge in [0.1, 0.15) is 0 Å². The lowest BCUT2D eigenvalue weighted by Gasteiger charge is -2.26. The fourth-order valence-corrected chi connectivity index (χ4v) is 1.52. The van der Waals surface area contributed by atoms with Crippen LogP contribution in [0.2, 0.25) is 0 Å². The van der Waals surface area contributed by atoms with Crippen LogP contribution in [0.15, 0.2) is 0 Å². The van der Waals surface area contributed by atoms with E-state index in [4.69, 9.17) is 0 Å². The molecule has 0 unspecified atom stereocenters. The minimum Gasteiger partial charge on any atom is -0.389 e. The first-order valence-electron chi connectivity index (χ1n) is 6.14. The van der Waals surface area contributed by atoms with Crippen molar-refractivity contribution in [1.82, 2.24) is 10.2 Å². The molecule has 0 rings (SSSR count). The minimum atomic E-state index is -0.931. The van der Waals surface area contributed by atoms with Crippen LogP contribution >= 0.6 is 0 Å². The summed E-state index contributed by atoms with van der Waals surface area (Å²) >= 11 is 0. The Morgan fingerprint density at radius 1 is 1.17 bits per heavy atom. The van der Waals surface area contributed by atoms with Crippen molar-refractivity contribution in [2.24, 2.45) is 5.41 Å². The first kappa shape index (κ1) is 16.9. The summed E-state index contributed by atoms with van der Waals surface area (Å²) in [6.07, 6.45) is 0.384. The quantitative estimate of drug-likeness (QED) is 0.765. The summed E-state index contributed by atoms with van der Waals surface area (Å²) in [5.74, 6) is -0.341. The van der Waals surface area contributed by atoms with Crippen molar-refractivity contribution < 1.29 is 14.7 Å². The highest BCUT2D eigenvalue weighted by molar-refractivity contribution is 5.84. The maximum absolute atomic E-state index is 11.7. The number of nitrogens with one attached hydrogen (secondary N) is 1. The van der Waals surface area contributed by atoms with Crippen molar-refractivity contribution in [3.05, 3.63) is 0 Å². The number of carbonyl (C=O) groups is 2. The molecule has 5 heteroatoms. The topological polar surface area (TPSA) is 69.6 Å². The number of rotatable bonds is 5. The van der Waals surface area contributed by atoms with Gasteiger partial charge in [-0.1, -0.05) is 20.8 Å². The van der Waals surface area contributed by atoms with E-state index < -0.39 is 5.60 Å². The van der Waals surface area contributed by atoms with Crippen LogP contribution in [0, 0.1) is 5.41 Å². The van der Waals surface area contributed by atoms with E-state index in [2.05, 4.69) is 5.32 Å². The molecule has 2 amide bonds. The molecule has 0 saturated heterocycles. The molecule has 0 aliphatic heterocycles. The maximum Gasteiger partial charge on any atom is 0.241 e. The van der Waals surface area contributed by atoms with Crippen molar-refractivity contribution in [3.63, 3.8) is 0 Å². The third-order valence-electron chi connectivity index (χ3n) is 2.18. The van der Waals surface area contributed by atoms with Crippen LogP contribution in [-0.4, -0.2) is 47.6 Å².